The molecule has 1 aliphatic rings. The zero-order valence-corrected chi connectivity index (χ0v) is 7.85. The third kappa shape index (κ3) is 1.05. The lowest BCUT2D eigenvalue weighted by molar-refractivity contribution is 0.327. The highest BCUT2D eigenvalue weighted by molar-refractivity contribution is 5.40. The van der Waals surface area contributed by atoms with Crippen molar-refractivity contribution < 1.29 is 4.74 Å². The normalized spacial score (nSPS) is 27.2. The topological polar surface area (TPSA) is 12.5 Å². The molecule has 0 radical (unpaired) electrons. The molecule has 64 valence electrons. The van der Waals surface area contributed by atoms with Crippen LogP contribution in [0.25, 0.3) is 0 Å². The predicted molar refractivity (Wildman–Crippen MR) is 49.2 cm³/mol. The van der Waals surface area contributed by atoms with Crippen molar-refractivity contribution in [2.75, 3.05) is 6.61 Å². The van der Waals surface area contributed by atoms with Gasteiger partial charge in [0.15, 0.2) is 0 Å². The number of ether oxygens (including phenoxy) is 1. The summed E-state index contributed by atoms with van der Waals surface area (Å²) in [5.41, 5.74) is 4.09. The van der Waals surface area contributed by atoms with Crippen molar-refractivity contribution in [3.63, 3.8) is 0 Å². The van der Waals surface area contributed by atoms with Crippen molar-refractivity contribution in [1.29, 1.82) is 0 Å². The summed E-state index contributed by atoms with van der Waals surface area (Å²) in [5, 5.41) is 0. The molecule has 0 aromatic heterocycles. The molecule has 12 heavy (non-hydrogen) atoms. The third-order valence-electron chi connectivity index (χ3n) is 2.59. The van der Waals surface area contributed by atoms with Crippen LogP contribution in [0.4, 0.5) is 0 Å². The number of rotatable bonds is 1. The summed E-state index contributed by atoms with van der Waals surface area (Å²) in [7, 11) is 0. The van der Waals surface area contributed by atoms with Gasteiger partial charge >= 0.3 is 0 Å². The summed E-state index contributed by atoms with van der Waals surface area (Å²) in [5.74, 6) is 0. The molecule has 1 nitrogen and oxygen atoms in total. The Bertz CT molecular complexity index is 291. The first-order valence-electron chi connectivity index (χ1n) is 4.34. The Kier molecular flexibility index (Phi) is 1.52. The van der Waals surface area contributed by atoms with Gasteiger partial charge in [0.1, 0.15) is 5.60 Å². The van der Waals surface area contributed by atoms with Crippen LogP contribution in [0.2, 0.25) is 0 Å². The summed E-state index contributed by atoms with van der Waals surface area (Å²) >= 11 is 0. The van der Waals surface area contributed by atoms with E-state index >= 15 is 0 Å². The lowest BCUT2D eigenvalue weighted by atomic mass is 9.93. The number of aryl methyl sites for hydroxylation is 2. The second kappa shape index (κ2) is 2.33. The molecule has 0 aliphatic carbocycles. The van der Waals surface area contributed by atoms with E-state index in [0.29, 0.717) is 0 Å². The van der Waals surface area contributed by atoms with Gasteiger partial charge in [-0.2, -0.15) is 0 Å². The van der Waals surface area contributed by atoms with Crippen LogP contribution in [-0.2, 0) is 10.3 Å². The Morgan fingerprint density at radius 2 is 1.75 bits per heavy atom. The largest absolute Gasteiger partial charge is 0.365 e. The fraction of sp³-hybridized carbons (Fsp3) is 0.455. The quantitative estimate of drug-likeness (QED) is 0.578. The van der Waals surface area contributed by atoms with Crippen molar-refractivity contribution in [1.82, 2.24) is 0 Å². The van der Waals surface area contributed by atoms with Crippen molar-refractivity contribution in [3.8, 4) is 0 Å². The molecule has 1 aliphatic heterocycles. The van der Waals surface area contributed by atoms with E-state index in [0.717, 1.165) is 6.61 Å². The highest BCUT2D eigenvalue weighted by Crippen LogP contribution is 2.41. The molecule has 0 amide bonds. The van der Waals surface area contributed by atoms with E-state index in [1.54, 1.807) is 0 Å². The second-order valence-corrected chi connectivity index (χ2v) is 3.79. The standard InChI is InChI=1S/C11H14O/c1-8-5-4-6-9(2)10(8)11(3)7-12-11/h4-6H,7H2,1-3H3. The zero-order valence-electron chi connectivity index (χ0n) is 7.85. The molecule has 1 aromatic rings. The van der Waals surface area contributed by atoms with E-state index in [4.69, 9.17) is 4.74 Å². The van der Waals surface area contributed by atoms with E-state index < -0.39 is 0 Å². The summed E-state index contributed by atoms with van der Waals surface area (Å²) in [6.45, 7) is 7.32. The molecule has 0 spiro atoms. The molecule has 1 heterocycles. The van der Waals surface area contributed by atoms with Gasteiger partial charge in [-0.1, -0.05) is 18.2 Å². The fourth-order valence-electron chi connectivity index (χ4n) is 1.90. The van der Waals surface area contributed by atoms with Crippen molar-refractivity contribution in [2.45, 2.75) is 26.4 Å². The molecule has 1 unspecified atom stereocenters. The first-order chi connectivity index (χ1) is 5.63. The van der Waals surface area contributed by atoms with Gasteiger partial charge in [-0.25, -0.2) is 0 Å². The van der Waals surface area contributed by atoms with Gasteiger partial charge in [-0.05, 0) is 37.5 Å². The number of hydrogen-bond donors (Lipinski definition) is 0. The molecule has 1 fully saturated rings. The second-order valence-electron chi connectivity index (χ2n) is 3.79. The van der Waals surface area contributed by atoms with Crippen LogP contribution in [0.1, 0.15) is 23.6 Å². The predicted octanol–water partition coefficient (Wildman–Crippen LogP) is 2.55. The monoisotopic (exact) mass is 162 g/mol. The van der Waals surface area contributed by atoms with E-state index in [1.807, 2.05) is 0 Å². The zero-order chi connectivity index (χ0) is 8.77. The third-order valence-corrected chi connectivity index (χ3v) is 2.59. The van der Waals surface area contributed by atoms with Crippen molar-refractivity contribution >= 4 is 0 Å². The average molecular weight is 162 g/mol. The van der Waals surface area contributed by atoms with Gasteiger partial charge in [0.05, 0.1) is 6.61 Å². The highest BCUT2D eigenvalue weighted by atomic mass is 16.6. The van der Waals surface area contributed by atoms with Gasteiger partial charge in [-0.3, -0.25) is 0 Å². The Morgan fingerprint density at radius 1 is 1.25 bits per heavy atom. The van der Waals surface area contributed by atoms with Gasteiger partial charge in [0, 0.05) is 0 Å². The summed E-state index contributed by atoms with van der Waals surface area (Å²) in [6, 6.07) is 6.39. The van der Waals surface area contributed by atoms with Crippen LogP contribution in [0, 0.1) is 13.8 Å². The lowest BCUT2D eigenvalue weighted by Gasteiger charge is -2.12. The maximum atomic E-state index is 5.44. The minimum Gasteiger partial charge on any atom is -0.365 e. The minimum absolute atomic E-state index is 0.0232. The van der Waals surface area contributed by atoms with Crippen LogP contribution >= 0.6 is 0 Å². The molecular weight excluding hydrogens is 148 g/mol. The van der Waals surface area contributed by atoms with E-state index in [1.165, 1.54) is 16.7 Å². The van der Waals surface area contributed by atoms with Crippen molar-refractivity contribution in [2.24, 2.45) is 0 Å². The smallest absolute Gasteiger partial charge is 0.114 e. The molecular formula is C11H14O. The Labute approximate surface area is 73.4 Å². The average Bonchev–Trinajstić information content (AvgIpc) is 2.68. The van der Waals surface area contributed by atoms with Gasteiger partial charge in [-0.15, -0.1) is 0 Å². The fourth-order valence-corrected chi connectivity index (χ4v) is 1.90. The Morgan fingerprint density at radius 3 is 2.17 bits per heavy atom. The molecule has 1 aromatic carbocycles. The first-order valence-corrected chi connectivity index (χ1v) is 4.34. The molecule has 1 heteroatoms. The van der Waals surface area contributed by atoms with Crippen LogP contribution in [0.5, 0.6) is 0 Å². The van der Waals surface area contributed by atoms with Gasteiger partial charge in [0.2, 0.25) is 0 Å². The molecule has 2 rings (SSSR count). The molecule has 0 N–H and O–H groups in total. The first kappa shape index (κ1) is 7.81. The number of epoxide rings is 1. The molecule has 0 bridgehead atoms. The van der Waals surface area contributed by atoms with E-state index in [9.17, 15) is 0 Å². The van der Waals surface area contributed by atoms with E-state index in [-0.39, 0.29) is 5.60 Å². The SMILES string of the molecule is Cc1cccc(C)c1C1(C)CO1. The maximum absolute atomic E-state index is 5.44. The van der Waals surface area contributed by atoms with Crippen LogP contribution < -0.4 is 0 Å². The maximum Gasteiger partial charge on any atom is 0.114 e. The van der Waals surface area contributed by atoms with Crippen LogP contribution in [0.15, 0.2) is 18.2 Å². The molecule has 0 saturated carbocycles. The van der Waals surface area contributed by atoms with Gasteiger partial charge < -0.3 is 4.74 Å². The molecule has 1 saturated heterocycles. The molecule has 1 atom stereocenters. The summed E-state index contributed by atoms with van der Waals surface area (Å²) < 4.78 is 5.44. The number of hydrogen-bond acceptors (Lipinski definition) is 1. The van der Waals surface area contributed by atoms with Crippen LogP contribution in [0.3, 0.4) is 0 Å². The summed E-state index contributed by atoms with van der Waals surface area (Å²) in [4.78, 5) is 0. The lowest BCUT2D eigenvalue weighted by Crippen LogP contribution is -2.07. The van der Waals surface area contributed by atoms with Gasteiger partial charge in [0.25, 0.3) is 0 Å². The number of benzene rings is 1. The summed E-state index contributed by atoms with van der Waals surface area (Å²) in [6.07, 6.45) is 0. The Hall–Kier alpha value is -0.820. The minimum atomic E-state index is 0.0232. The van der Waals surface area contributed by atoms with E-state index in [2.05, 4.69) is 39.0 Å². The van der Waals surface area contributed by atoms with Crippen molar-refractivity contribution in [3.05, 3.63) is 34.9 Å². The highest BCUT2D eigenvalue weighted by Gasteiger charge is 2.42. The van der Waals surface area contributed by atoms with Crippen LogP contribution in [-0.4, -0.2) is 6.61 Å². The Balaban J connectivity index is 2.55.